The van der Waals surface area contributed by atoms with Gasteiger partial charge >= 0.3 is 0 Å². The molecule has 0 amide bonds. The molecule has 0 saturated heterocycles. The van der Waals surface area contributed by atoms with Crippen molar-refractivity contribution in [1.82, 2.24) is 0 Å². The Morgan fingerprint density at radius 1 is 1.06 bits per heavy atom. The number of hydrogen-bond acceptors (Lipinski definition) is 1. The molecule has 0 radical (unpaired) electrons. The van der Waals surface area contributed by atoms with Gasteiger partial charge < -0.3 is 5.73 Å². The Kier molecular flexibility index (Phi) is 5.08. The summed E-state index contributed by atoms with van der Waals surface area (Å²) < 4.78 is 39.8. The molecule has 0 aliphatic heterocycles. The molecule has 0 fully saturated rings. The Hall–Kier alpha value is -0.260. The Morgan fingerprint density at radius 2 is 1.69 bits per heavy atom. The quantitative estimate of drug-likeness (QED) is 0.510. The van der Waals surface area contributed by atoms with E-state index in [-0.39, 0.29) is 16.5 Å². The highest BCUT2D eigenvalue weighted by molar-refractivity contribution is 9.10. The molecule has 0 bridgehead atoms. The second-order valence-corrected chi connectivity index (χ2v) is 4.47. The van der Waals surface area contributed by atoms with E-state index in [1.165, 1.54) is 0 Å². The maximum Gasteiger partial charge on any atom is 0.180 e. The standard InChI is InChI=1S/C10H10BrClF3N/c11-6-5(3-1-2-4-16)8(13)10(15)7(12)9(6)14/h1-4,16H2. The molecule has 1 aromatic carbocycles. The first-order valence-corrected chi connectivity index (χ1v) is 5.88. The van der Waals surface area contributed by atoms with Crippen LogP contribution in [0.5, 0.6) is 0 Å². The van der Waals surface area contributed by atoms with Crippen molar-refractivity contribution >= 4 is 27.5 Å². The van der Waals surface area contributed by atoms with Crippen molar-refractivity contribution in [2.75, 3.05) is 6.54 Å². The van der Waals surface area contributed by atoms with Gasteiger partial charge in [0.15, 0.2) is 17.5 Å². The smallest absolute Gasteiger partial charge is 0.180 e. The van der Waals surface area contributed by atoms with Crippen LogP contribution in [-0.2, 0) is 6.42 Å². The third-order valence-electron chi connectivity index (χ3n) is 2.18. The van der Waals surface area contributed by atoms with Crippen LogP contribution in [-0.4, -0.2) is 6.54 Å². The molecule has 0 aliphatic carbocycles. The molecule has 0 saturated carbocycles. The zero-order chi connectivity index (χ0) is 12.3. The van der Waals surface area contributed by atoms with Gasteiger partial charge in [-0.1, -0.05) is 11.6 Å². The van der Waals surface area contributed by atoms with Crippen molar-refractivity contribution in [2.24, 2.45) is 5.73 Å². The lowest BCUT2D eigenvalue weighted by molar-refractivity contribution is 0.480. The number of nitrogens with two attached hydrogens (primary N) is 1. The molecule has 6 heteroatoms. The molecule has 0 atom stereocenters. The van der Waals surface area contributed by atoms with Gasteiger partial charge in [-0.05, 0) is 41.7 Å². The van der Waals surface area contributed by atoms with Crippen molar-refractivity contribution in [1.29, 1.82) is 0 Å². The van der Waals surface area contributed by atoms with Crippen LogP contribution in [0.25, 0.3) is 0 Å². The topological polar surface area (TPSA) is 26.0 Å². The van der Waals surface area contributed by atoms with Gasteiger partial charge in [0.25, 0.3) is 0 Å². The molecule has 0 aliphatic rings. The predicted molar refractivity (Wildman–Crippen MR) is 61.0 cm³/mol. The minimum Gasteiger partial charge on any atom is -0.330 e. The number of rotatable bonds is 4. The molecule has 0 spiro atoms. The molecular weight excluding hydrogens is 306 g/mol. The fourth-order valence-electron chi connectivity index (χ4n) is 1.32. The zero-order valence-electron chi connectivity index (χ0n) is 8.30. The second-order valence-electron chi connectivity index (χ2n) is 3.29. The van der Waals surface area contributed by atoms with Crippen molar-refractivity contribution in [3.8, 4) is 0 Å². The van der Waals surface area contributed by atoms with Gasteiger partial charge in [0, 0.05) is 5.56 Å². The Morgan fingerprint density at radius 3 is 2.25 bits per heavy atom. The SMILES string of the molecule is NCCCCc1c(F)c(F)c(Cl)c(F)c1Br. The molecule has 0 heterocycles. The van der Waals surface area contributed by atoms with Gasteiger partial charge in [0.1, 0.15) is 5.02 Å². The summed E-state index contributed by atoms with van der Waals surface area (Å²) in [5, 5.41) is -0.827. The summed E-state index contributed by atoms with van der Waals surface area (Å²) in [6, 6.07) is 0. The van der Waals surface area contributed by atoms with E-state index in [0.29, 0.717) is 19.4 Å². The largest absolute Gasteiger partial charge is 0.330 e. The minimum absolute atomic E-state index is 0.0344. The third-order valence-corrected chi connectivity index (χ3v) is 3.34. The molecule has 0 aromatic heterocycles. The van der Waals surface area contributed by atoms with Gasteiger partial charge in [-0.15, -0.1) is 0 Å². The van der Waals surface area contributed by atoms with E-state index in [4.69, 9.17) is 17.3 Å². The average molecular weight is 317 g/mol. The van der Waals surface area contributed by atoms with E-state index in [0.717, 1.165) is 0 Å². The Labute approximate surface area is 105 Å². The summed E-state index contributed by atoms with van der Waals surface area (Å²) in [4.78, 5) is 0. The van der Waals surface area contributed by atoms with E-state index < -0.39 is 22.5 Å². The average Bonchev–Trinajstić information content (AvgIpc) is 2.28. The maximum atomic E-state index is 13.4. The molecule has 1 nitrogen and oxygen atoms in total. The summed E-state index contributed by atoms with van der Waals surface area (Å²) in [5.41, 5.74) is 5.24. The lowest BCUT2D eigenvalue weighted by Crippen LogP contribution is -2.03. The lowest BCUT2D eigenvalue weighted by Gasteiger charge is -2.09. The van der Waals surface area contributed by atoms with E-state index in [1.807, 2.05) is 0 Å². The van der Waals surface area contributed by atoms with E-state index >= 15 is 0 Å². The van der Waals surface area contributed by atoms with Crippen LogP contribution < -0.4 is 5.73 Å². The monoisotopic (exact) mass is 315 g/mol. The summed E-state index contributed by atoms with van der Waals surface area (Å²) >= 11 is 8.15. The van der Waals surface area contributed by atoms with Gasteiger partial charge in [-0.3, -0.25) is 0 Å². The maximum absolute atomic E-state index is 13.4. The van der Waals surface area contributed by atoms with E-state index in [1.54, 1.807) is 0 Å². The Bertz CT molecular complexity index is 369. The summed E-state index contributed by atoms with van der Waals surface area (Å²) in [6.45, 7) is 0.456. The van der Waals surface area contributed by atoms with Gasteiger partial charge in [0.2, 0.25) is 0 Å². The summed E-state index contributed by atoms with van der Waals surface area (Å²) in [7, 11) is 0. The first kappa shape index (κ1) is 13.8. The fraction of sp³-hybridized carbons (Fsp3) is 0.400. The molecule has 0 unspecified atom stereocenters. The number of benzene rings is 1. The van der Waals surface area contributed by atoms with Crippen LogP contribution in [0.3, 0.4) is 0 Å². The number of unbranched alkanes of at least 4 members (excludes halogenated alkanes) is 1. The number of hydrogen-bond donors (Lipinski definition) is 1. The van der Waals surface area contributed by atoms with Crippen LogP contribution >= 0.6 is 27.5 Å². The van der Waals surface area contributed by atoms with Crippen LogP contribution in [0.1, 0.15) is 18.4 Å². The first-order valence-electron chi connectivity index (χ1n) is 4.71. The highest BCUT2D eigenvalue weighted by Gasteiger charge is 2.21. The number of halogens is 5. The fourth-order valence-corrected chi connectivity index (χ4v) is 2.18. The van der Waals surface area contributed by atoms with Gasteiger partial charge in [-0.25, -0.2) is 13.2 Å². The molecule has 2 N–H and O–H groups in total. The van der Waals surface area contributed by atoms with Crippen molar-refractivity contribution in [3.05, 3.63) is 32.5 Å². The predicted octanol–water partition coefficient (Wildman–Crippen LogP) is 3.80. The van der Waals surface area contributed by atoms with Gasteiger partial charge in [0.05, 0.1) is 4.47 Å². The zero-order valence-corrected chi connectivity index (χ0v) is 10.6. The highest BCUT2D eigenvalue weighted by atomic mass is 79.9. The molecule has 1 rings (SSSR count). The van der Waals surface area contributed by atoms with Crippen LogP contribution in [0.2, 0.25) is 5.02 Å². The Balaban J connectivity index is 3.08. The molecule has 16 heavy (non-hydrogen) atoms. The van der Waals surface area contributed by atoms with Crippen LogP contribution in [0.4, 0.5) is 13.2 Å². The second kappa shape index (κ2) is 5.89. The van der Waals surface area contributed by atoms with Crippen molar-refractivity contribution < 1.29 is 13.2 Å². The van der Waals surface area contributed by atoms with E-state index in [9.17, 15) is 13.2 Å². The summed E-state index contributed by atoms with van der Waals surface area (Å²) in [5.74, 6) is -3.41. The van der Waals surface area contributed by atoms with Crippen LogP contribution in [0, 0.1) is 17.5 Å². The molecular formula is C10H10BrClF3N. The first-order chi connectivity index (χ1) is 7.50. The van der Waals surface area contributed by atoms with Crippen molar-refractivity contribution in [3.63, 3.8) is 0 Å². The third kappa shape index (κ3) is 2.70. The highest BCUT2D eigenvalue weighted by Crippen LogP contribution is 2.33. The molecule has 1 aromatic rings. The van der Waals surface area contributed by atoms with Gasteiger partial charge in [-0.2, -0.15) is 0 Å². The van der Waals surface area contributed by atoms with E-state index in [2.05, 4.69) is 15.9 Å². The summed E-state index contributed by atoms with van der Waals surface area (Å²) in [6.07, 6.45) is 1.44. The normalized spacial score (nSPS) is 10.9. The lowest BCUT2D eigenvalue weighted by atomic mass is 10.1. The van der Waals surface area contributed by atoms with Crippen LogP contribution in [0.15, 0.2) is 4.47 Å². The minimum atomic E-state index is -1.34. The molecule has 90 valence electrons. The van der Waals surface area contributed by atoms with Crippen molar-refractivity contribution in [2.45, 2.75) is 19.3 Å².